The molecule has 2 N–H and O–H groups in total. The van der Waals surface area contributed by atoms with Gasteiger partial charge >= 0.3 is 0 Å². The van der Waals surface area contributed by atoms with Crippen LogP contribution in [0.1, 0.15) is 29.6 Å². The van der Waals surface area contributed by atoms with Crippen LogP contribution in [0.2, 0.25) is 5.02 Å². The van der Waals surface area contributed by atoms with E-state index in [0.717, 1.165) is 26.1 Å². The summed E-state index contributed by atoms with van der Waals surface area (Å²) >= 11 is 7.14. The molecule has 1 saturated heterocycles. The Balaban J connectivity index is 1.57. The van der Waals surface area contributed by atoms with E-state index in [4.69, 9.17) is 11.6 Å². The van der Waals surface area contributed by atoms with E-state index in [-0.39, 0.29) is 11.7 Å². The Morgan fingerprint density at radius 3 is 2.74 bits per heavy atom. The molecule has 126 valence electrons. The lowest BCUT2D eigenvalue weighted by Crippen LogP contribution is -2.33. The molecule has 1 heterocycles. The fourth-order valence-electron chi connectivity index (χ4n) is 2.59. The van der Waals surface area contributed by atoms with Crippen LogP contribution in [0.25, 0.3) is 0 Å². The molecule has 0 radical (unpaired) electrons. The van der Waals surface area contributed by atoms with Gasteiger partial charge in [0.15, 0.2) is 5.78 Å². The van der Waals surface area contributed by atoms with Crippen LogP contribution in [0, 0.1) is 5.92 Å². The molecule has 0 bridgehead atoms. The summed E-state index contributed by atoms with van der Waals surface area (Å²) in [6.45, 7) is 2.89. The molecule has 1 amide bonds. The zero-order valence-corrected chi connectivity index (χ0v) is 14.7. The molecule has 0 spiro atoms. The smallest absolute Gasteiger partial charge is 0.230 e. The number of rotatable bonds is 8. The summed E-state index contributed by atoms with van der Waals surface area (Å²) in [5.74, 6) is 1.32. The predicted molar refractivity (Wildman–Crippen MR) is 96.3 cm³/mol. The topological polar surface area (TPSA) is 58.2 Å². The number of piperidine rings is 1. The maximum atomic E-state index is 12.0. The zero-order valence-electron chi connectivity index (χ0n) is 13.1. The van der Waals surface area contributed by atoms with E-state index in [2.05, 4.69) is 10.6 Å². The Kier molecular flexibility index (Phi) is 7.92. The van der Waals surface area contributed by atoms with E-state index < -0.39 is 0 Å². The minimum Gasteiger partial charge on any atom is -0.355 e. The number of ketones is 1. The lowest BCUT2D eigenvalue weighted by Gasteiger charge is -2.22. The summed E-state index contributed by atoms with van der Waals surface area (Å²) in [4.78, 5) is 23.7. The van der Waals surface area contributed by atoms with Gasteiger partial charge in [0.25, 0.3) is 0 Å². The monoisotopic (exact) mass is 354 g/mol. The zero-order chi connectivity index (χ0) is 16.5. The molecule has 1 aromatic carbocycles. The summed E-state index contributed by atoms with van der Waals surface area (Å²) in [6, 6.07) is 6.82. The van der Waals surface area contributed by atoms with E-state index >= 15 is 0 Å². The van der Waals surface area contributed by atoms with Crippen molar-refractivity contribution in [1.29, 1.82) is 0 Å². The number of halogens is 1. The first-order chi connectivity index (χ1) is 11.1. The molecule has 1 aliphatic heterocycles. The fourth-order valence-corrected chi connectivity index (χ4v) is 3.46. The summed E-state index contributed by atoms with van der Waals surface area (Å²) in [5.41, 5.74) is 0.632. The quantitative estimate of drug-likeness (QED) is 0.705. The highest BCUT2D eigenvalue weighted by atomic mass is 35.5. The van der Waals surface area contributed by atoms with Gasteiger partial charge in [0, 0.05) is 17.1 Å². The highest BCUT2D eigenvalue weighted by molar-refractivity contribution is 8.00. The van der Waals surface area contributed by atoms with E-state index in [1.165, 1.54) is 24.6 Å². The number of hydrogen-bond donors (Lipinski definition) is 2. The third-order valence-corrected chi connectivity index (χ3v) is 5.09. The average Bonchev–Trinajstić information content (AvgIpc) is 2.56. The fraction of sp³-hybridized carbons (Fsp3) is 0.529. The highest BCUT2D eigenvalue weighted by Gasteiger charge is 2.13. The molecule has 0 aliphatic carbocycles. The first-order valence-electron chi connectivity index (χ1n) is 7.99. The van der Waals surface area contributed by atoms with Crippen molar-refractivity contribution < 1.29 is 9.59 Å². The minimum atomic E-state index is 0.00248. The van der Waals surface area contributed by atoms with Gasteiger partial charge < -0.3 is 10.6 Å². The van der Waals surface area contributed by atoms with Crippen LogP contribution in [0.3, 0.4) is 0 Å². The largest absolute Gasteiger partial charge is 0.355 e. The van der Waals surface area contributed by atoms with Crippen molar-refractivity contribution in [3.8, 4) is 0 Å². The van der Waals surface area contributed by atoms with Crippen LogP contribution in [-0.4, -0.2) is 42.8 Å². The van der Waals surface area contributed by atoms with Gasteiger partial charge in [-0.2, -0.15) is 0 Å². The summed E-state index contributed by atoms with van der Waals surface area (Å²) in [5, 5.41) is 6.92. The van der Waals surface area contributed by atoms with Crippen LogP contribution < -0.4 is 10.6 Å². The van der Waals surface area contributed by atoms with E-state index in [0.29, 0.717) is 28.0 Å². The number of amides is 1. The average molecular weight is 355 g/mol. The third kappa shape index (κ3) is 6.94. The molecule has 1 fully saturated rings. The standard InChI is InChI=1S/C17H23ClN2O2S/c18-15-5-3-14(4-6-15)16(21)11-23-12-17(22)20-9-7-13-2-1-8-19-10-13/h3-6,13,19H,1-2,7-12H2,(H,20,22). The second-order valence-corrected chi connectivity index (χ2v) is 7.20. The van der Waals surface area contributed by atoms with Gasteiger partial charge in [-0.3, -0.25) is 9.59 Å². The summed E-state index contributed by atoms with van der Waals surface area (Å²) < 4.78 is 0. The molecule has 1 aromatic rings. The molecular formula is C17H23ClN2O2S. The van der Waals surface area contributed by atoms with Gasteiger partial charge in [-0.15, -0.1) is 11.8 Å². The number of carbonyl (C=O) groups is 2. The van der Waals surface area contributed by atoms with Gasteiger partial charge in [0.2, 0.25) is 5.91 Å². The van der Waals surface area contributed by atoms with Crippen LogP contribution >= 0.6 is 23.4 Å². The lowest BCUT2D eigenvalue weighted by atomic mass is 9.96. The maximum Gasteiger partial charge on any atom is 0.230 e. The van der Waals surface area contributed by atoms with E-state index in [9.17, 15) is 9.59 Å². The van der Waals surface area contributed by atoms with E-state index in [1.54, 1.807) is 24.3 Å². The summed E-state index contributed by atoms with van der Waals surface area (Å²) in [6.07, 6.45) is 3.49. The predicted octanol–water partition coefficient (Wildman–Crippen LogP) is 2.76. The number of carbonyl (C=O) groups excluding carboxylic acids is 2. The normalized spacial score (nSPS) is 17.7. The Bertz CT molecular complexity index is 516. The number of benzene rings is 1. The SMILES string of the molecule is O=C(CSCC(=O)c1ccc(Cl)cc1)NCCC1CCCNC1. The van der Waals surface area contributed by atoms with Crippen LogP contribution in [0.5, 0.6) is 0 Å². The first kappa shape index (κ1) is 18.3. The number of nitrogens with one attached hydrogen (secondary N) is 2. The van der Waals surface area contributed by atoms with Gasteiger partial charge in [-0.1, -0.05) is 11.6 Å². The first-order valence-corrected chi connectivity index (χ1v) is 9.52. The van der Waals surface area contributed by atoms with Gasteiger partial charge in [0.1, 0.15) is 0 Å². The molecule has 6 heteroatoms. The maximum absolute atomic E-state index is 12.0. The number of hydrogen-bond acceptors (Lipinski definition) is 4. The Labute approximate surface area is 146 Å². The number of thioether (sulfide) groups is 1. The van der Waals surface area contributed by atoms with Crippen molar-refractivity contribution in [1.82, 2.24) is 10.6 Å². The van der Waals surface area contributed by atoms with Gasteiger partial charge in [-0.25, -0.2) is 0 Å². The van der Waals surface area contributed by atoms with Crippen LogP contribution in [0.4, 0.5) is 0 Å². The molecule has 2 rings (SSSR count). The molecular weight excluding hydrogens is 332 g/mol. The van der Waals surface area contributed by atoms with Gasteiger partial charge in [0.05, 0.1) is 11.5 Å². The molecule has 1 unspecified atom stereocenters. The van der Waals surface area contributed by atoms with Crippen molar-refractivity contribution >= 4 is 35.1 Å². The van der Waals surface area contributed by atoms with Crippen molar-refractivity contribution in [3.63, 3.8) is 0 Å². The van der Waals surface area contributed by atoms with Crippen LogP contribution in [-0.2, 0) is 4.79 Å². The second kappa shape index (κ2) is 9.96. The molecule has 1 aliphatic rings. The van der Waals surface area contributed by atoms with E-state index in [1.807, 2.05) is 0 Å². The van der Waals surface area contributed by atoms with Crippen LogP contribution in [0.15, 0.2) is 24.3 Å². The van der Waals surface area contributed by atoms with Crippen molar-refractivity contribution in [2.24, 2.45) is 5.92 Å². The Hall–Kier alpha value is -1.04. The third-order valence-electron chi connectivity index (χ3n) is 3.91. The lowest BCUT2D eigenvalue weighted by molar-refractivity contribution is -0.118. The van der Waals surface area contributed by atoms with Crippen molar-refractivity contribution in [3.05, 3.63) is 34.9 Å². The second-order valence-electron chi connectivity index (χ2n) is 5.77. The molecule has 1 atom stereocenters. The molecule has 0 saturated carbocycles. The number of Topliss-reactive ketones (excluding diaryl/α,β-unsaturated/α-hetero) is 1. The molecule has 0 aromatic heterocycles. The van der Waals surface area contributed by atoms with Gasteiger partial charge in [-0.05, 0) is 62.5 Å². The van der Waals surface area contributed by atoms with Crippen molar-refractivity contribution in [2.45, 2.75) is 19.3 Å². The Morgan fingerprint density at radius 2 is 2.04 bits per heavy atom. The highest BCUT2D eigenvalue weighted by Crippen LogP contribution is 2.14. The minimum absolute atomic E-state index is 0.00248. The Morgan fingerprint density at radius 1 is 1.26 bits per heavy atom. The van der Waals surface area contributed by atoms with Crippen molar-refractivity contribution in [2.75, 3.05) is 31.1 Å². The summed E-state index contributed by atoms with van der Waals surface area (Å²) in [7, 11) is 0. The molecule has 4 nitrogen and oxygen atoms in total. The molecule has 23 heavy (non-hydrogen) atoms.